The minimum Gasteiger partial charge on any atom is -0.493 e. The van der Waals surface area contributed by atoms with Gasteiger partial charge in [-0.25, -0.2) is 9.18 Å². The molecule has 278 valence electrons. The van der Waals surface area contributed by atoms with Crippen LogP contribution in [0.15, 0.2) is 79.1 Å². The summed E-state index contributed by atoms with van der Waals surface area (Å²) in [6.45, 7) is 2.19. The van der Waals surface area contributed by atoms with Crippen LogP contribution in [-0.4, -0.2) is 74.2 Å². The molecule has 14 heteroatoms. The molecule has 0 spiro atoms. The lowest BCUT2D eigenvalue weighted by Gasteiger charge is -2.44. The first kappa shape index (κ1) is 37.8. The zero-order valence-corrected chi connectivity index (χ0v) is 30.7. The number of benzene rings is 3. The number of fused-ring (bicyclic) bond motifs is 3. The molecule has 1 aromatic heterocycles. The molecule has 53 heavy (non-hydrogen) atoms. The molecule has 4 aromatic rings. The van der Waals surface area contributed by atoms with Crippen LogP contribution < -0.4 is 20.1 Å². The number of methoxy groups -OCH3 is 2. The Hall–Kier alpha value is -4.91. The van der Waals surface area contributed by atoms with E-state index in [1.165, 1.54) is 50.9 Å². The summed E-state index contributed by atoms with van der Waals surface area (Å²) < 4.78 is 37.0. The van der Waals surface area contributed by atoms with Crippen molar-refractivity contribution < 1.29 is 37.7 Å². The van der Waals surface area contributed by atoms with Gasteiger partial charge in [-0.1, -0.05) is 47.5 Å². The van der Waals surface area contributed by atoms with Crippen LogP contribution >= 0.6 is 23.2 Å². The van der Waals surface area contributed by atoms with E-state index in [-0.39, 0.29) is 24.0 Å². The van der Waals surface area contributed by atoms with Crippen molar-refractivity contribution in [2.75, 3.05) is 45.7 Å². The molecule has 11 nitrogen and oxygen atoms in total. The molecule has 3 atom stereocenters. The zero-order valence-electron chi connectivity index (χ0n) is 29.2. The molecule has 2 N–H and O–H groups in total. The number of amides is 1. The van der Waals surface area contributed by atoms with E-state index in [1.54, 1.807) is 42.5 Å². The van der Waals surface area contributed by atoms with Crippen LogP contribution in [0, 0.1) is 11.7 Å². The molecule has 2 unspecified atom stereocenters. The molecule has 0 saturated carbocycles. The number of nitrogens with zero attached hydrogens (tertiary/aromatic N) is 2. The number of esters is 2. The summed E-state index contributed by atoms with van der Waals surface area (Å²) >= 11 is 12.8. The minimum absolute atomic E-state index is 0.109. The molecule has 3 aliphatic heterocycles. The van der Waals surface area contributed by atoms with Gasteiger partial charge < -0.3 is 29.6 Å². The van der Waals surface area contributed by atoms with E-state index < -0.39 is 42.4 Å². The Bertz CT molecular complexity index is 1940. The first-order chi connectivity index (χ1) is 25.6. The second kappa shape index (κ2) is 17.3. The fourth-order valence-corrected chi connectivity index (χ4v) is 7.22. The van der Waals surface area contributed by atoms with Crippen molar-refractivity contribution in [2.24, 2.45) is 5.92 Å². The smallest absolute Gasteiger partial charge is 0.333 e. The van der Waals surface area contributed by atoms with Gasteiger partial charge in [-0.3, -0.25) is 19.5 Å². The van der Waals surface area contributed by atoms with Crippen molar-refractivity contribution in [1.29, 1.82) is 0 Å². The Morgan fingerprint density at radius 2 is 1.66 bits per heavy atom. The average Bonchev–Trinajstić information content (AvgIpc) is 3.17. The molecule has 1 amide bonds. The summed E-state index contributed by atoms with van der Waals surface area (Å²) in [7, 11) is 3.00. The first-order valence-corrected chi connectivity index (χ1v) is 17.9. The van der Waals surface area contributed by atoms with Gasteiger partial charge in [0.15, 0.2) is 17.5 Å². The fraction of sp³-hybridized carbons (Fsp3) is 0.333. The Kier molecular flexibility index (Phi) is 12.3. The largest absolute Gasteiger partial charge is 0.493 e. The van der Waals surface area contributed by atoms with Gasteiger partial charge >= 0.3 is 11.9 Å². The van der Waals surface area contributed by atoms with Crippen LogP contribution in [0.4, 0.5) is 10.1 Å². The van der Waals surface area contributed by atoms with Crippen LogP contribution in [-0.2, 0) is 25.5 Å². The summed E-state index contributed by atoms with van der Waals surface area (Å²) in [5.41, 5.74) is 2.10. The van der Waals surface area contributed by atoms with Gasteiger partial charge in [0.25, 0.3) is 5.91 Å². The quantitative estimate of drug-likeness (QED) is 0.136. The molecule has 2 bridgehead atoms. The second-order valence-corrected chi connectivity index (χ2v) is 13.7. The lowest BCUT2D eigenvalue weighted by molar-refractivity contribution is -0.160. The Morgan fingerprint density at radius 1 is 0.925 bits per heavy atom. The number of carbonyl (C=O) groups is 3. The van der Waals surface area contributed by atoms with Crippen molar-refractivity contribution in [3.63, 3.8) is 0 Å². The van der Waals surface area contributed by atoms with E-state index in [4.69, 9.17) is 42.1 Å². The molecule has 3 saturated heterocycles. The predicted molar refractivity (Wildman–Crippen MR) is 197 cm³/mol. The maximum Gasteiger partial charge on any atom is 0.333 e. The van der Waals surface area contributed by atoms with Crippen molar-refractivity contribution in [2.45, 2.75) is 37.5 Å². The fourth-order valence-electron chi connectivity index (χ4n) is 6.70. The van der Waals surface area contributed by atoms with E-state index in [9.17, 15) is 18.8 Å². The molecule has 0 aliphatic carbocycles. The highest BCUT2D eigenvalue weighted by Crippen LogP contribution is 2.36. The highest BCUT2D eigenvalue weighted by molar-refractivity contribution is 6.35. The molecule has 7 rings (SSSR count). The third-order valence-corrected chi connectivity index (χ3v) is 10.2. The average molecular weight is 766 g/mol. The molecule has 3 fully saturated rings. The Labute approximate surface area is 316 Å². The molecule has 3 aromatic carbocycles. The number of nitrogens with one attached hydrogen (secondary N) is 2. The number of halogens is 3. The maximum atomic E-state index is 14.3. The summed E-state index contributed by atoms with van der Waals surface area (Å²) in [4.78, 5) is 46.4. The van der Waals surface area contributed by atoms with Crippen LogP contribution in [0.2, 0.25) is 10.0 Å². The van der Waals surface area contributed by atoms with Gasteiger partial charge in [0.1, 0.15) is 24.6 Å². The van der Waals surface area contributed by atoms with Crippen LogP contribution in [0.5, 0.6) is 11.5 Å². The van der Waals surface area contributed by atoms with Crippen molar-refractivity contribution in [3.8, 4) is 11.5 Å². The number of aromatic nitrogens is 1. The van der Waals surface area contributed by atoms with Crippen molar-refractivity contribution in [3.05, 3.63) is 117 Å². The summed E-state index contributed by atoms with van der Waals surface area (Å²) in [5.74, 6) is -1.13. The van der Waals surface area contributed by atoms with E-state index >= 15 is 0 Å². The number of pyridine rings is 1. The zero-order chi connectivity index (χ0) is 37.5. The van der Waals surface area contributed by atoms with Gasteiger partial charge in [0.2, 0.25) is 0 Å². The number of hydrogen-bond acceptors (Lipinski definition) is 10. The number of hydrogen-bond donors (Lipinski definition) is 2. The molecular weight excluding hydrogens is 726 g/mol. The molecule has 3 aliphatic rings. The first-order valence-electron chi connectivity index (χ1n) is 17.1. The molecule has 4 heterocycles. The number of carbonyl (C=O) groups excluding carboxylic acids is 3. The van der Waals surface area contributed by atoms with Crippen LogP contribution in [0.25, 0.3) is 0 Å². The van der Waals surface area contributed by atoms with E-state index in [1.807, 2.05) is 0 Å². The normalized spacial score (nSPS) is 18.7. The van der Waals surface area contributed by atoms with Gasteiger partial charge in [-0.2, -0.15) is 0 Å². The monoisotopic (exact) mass is 764 g/mol. The Morgan fingerprint density at radius 3 is 2.34 bits per heavy atom. The minimum atomic E-state index is -1.04. The standard InChI is InChI=1S/C39H39Cl2FN4O7/c1-50-32-10-9-24(17-34(32)51-2)33(18-29-30(40)19-43-20-31(29)41)52-36(47)21-44-38(48)26-6-4-8-28(16-26)45-37(25-5-3-7-27(42)15-25)39(49)53-35-22-46-13-11-23(35)12-14-46/h3-10,15-17,19-20,23,33,35,37,45H,11-14,18,21-22H2,1-2H3,(H,44,48)/t33?,35-,37?/m0/s1. The lowest BCUT2D eigenvalue weighted by atomic mass is 9.86. The molecule has 0 radical (unpaired) electrons. The third-order valence-electron chi connectivity index (χ3n) is 9.51. The predicted octanol–water partition coefficient (Wildman–Crippen LogP) is 6.59. The summed E-state index contributed by atoms with van der Waals surface area (Å²) in [6.07, 6.45) is 3.81. The van der Waals surface area contributed by atoms with Gasteiger partial charge in [0, 0.05) is 36.6 Å². The lowest BCUT2D eigenvalue weighted by Crippen LogP contribution is -2.52. The van der Waals surface area contributed by atoms with E-state index in [0.29, 0.717) is 50.5 Å². The number of rotatable bonds is 14. The van der Waals surface area contributed by atoms with Gasteiger partial charge in [-0.05, 0) is 91.0 Å². The topological polar surface area (TPSA) is 128 Å². The number of anilines is 1. The molecular formula is C39H39Cl2FN4O7. The SMILES string of the molecule is COc1ccc(C(Cc2c(Cl)cncc2Cl)OC(=O)CNC(=O)c2cccc(NC(C(=O)O[C@H]3CN4CCC3CC4)c3cccc(F)c3)c2)cc1OC. The van der Waals surface area contributed by atoms with Crippen LogP contribution in [0.3, 0.4) is 0 Å². The van der Waals surface area contributed by atoms with E-state index in [2.05, 4.69) is 20.5 Å². The van der Waals surface area contributed by atoms with Gasteiger partial charge in [0.05, 0.1) is 24.3 Å². The van der Waals surface area contributed by atoms with Crippen molar-refractivity contribution >= 4 is 46.7 Å². The van der Waals surface area contributed by atoms with Crippen LogP contribution in [0.1, 0.15) is 52.0 Å². The highest BCUT2D eigenvalue weighted by Gasteiger charge is 2.38. The highest BCUT2D eigenvalue weighted by atomic mass is 35.5. The van der Waals surface area contributed by atoms with Gasteiger partial charge in [-0.15, -0.1) is 0 Å². The summed E-state index contributed by atoms with van der Waals surface area (Å²) in [6, 6.07) is 16.2. The maximum absolute atomic E-state index is 14.3. The number of ether oxygens (including phenoxy) is 4. The number of piperidine rings is 3. The van der Waals surface area contributed by atoms with Crippen molar-refractivity contribution in [1.82, 2.24) is 15.2 Å². The Balaban J connectivity index is 1.14. The summed E-state index contributed by atoms with van der Waals surface area (Å²) in [5, 5.41) is 6.34. The van der Waals surface area contributed by atoms with E-state index in [0.717, 1.165) is 25.9 Å². The third kappa shape index (κ3) is 9.37. The second-order valence-electron chi connectivity index (χ2n) is 12.9.